The lowest BCUT2D eigenvalue weighted by Crippen LogP contribution is -2.03. The maximum absolute atomic E-state index is 5.02. The Morgan fingerprint density at radius 3 is 2.59 bits per heavy atom. The highest BCUT2D eigenvalue weighted by Gasteiger charge is 2.07. The number of hydrogen-bond acceptors (Lipinski definition) is 6. The van der Waals surface area contributed by atoms with E-state index < -0.39 is 0 Å². The lowest BCUT2D eigenvalue weighted by Gasteiger charge is -2.05. The second kappa shape index (κ2) is 4.73. The number of pyridine rings is 1. The van der Waals surface area contributed by atoms with Crippen molar-refractivity contribution in [1.29, 1.82) is 0 Å². The Kier molecular flexibility index (Phi) is 3.13. The molecule has 2 rings (SSSR count). The molecule has 88 valence electrons. The number of methoxy groups -OCH3 is 1. The molecule has 6 nitrogen and oxygen atoms in total. The fraction of sp³-hybridized carbons (Fsp3) is 0.273. The molecular formula is C11H13N5O. The Morgan fingerprint density at radius 1 is 1.18 bits per heavy atom. The van der Waals surface area contributed by atoms with Gasteiger partial charge in [0.2, 0.25) is 5.95 Å². The standard InChI is InChI=1S/C11H13N5O/c1-7-4-5-8(6-13-7)9-14-10(12-2)16-11(15-9)17-3/h4-6H,1-3H3,(H,12,14,15,16). The molecule has 2 heterocycles. The van der Waals surface area contributed by atoms with Crippen molar-refractivity contribution in [2.75, 3.05) is 19.5 Å². The van der Waals surface area contributed by atoms with Crippen molar-refractivity contribution in [2.24, 2.45) is 0 Å². The Bertz CT molecular complexity index is 490. The molecule has 2 aromatic heterocycles. The number of nitrogens with one attached hydrogen (secondary N) is 1. The number of anilines is 1. The summed E-state index contributed by atoms with van der Waals surface area (Å²) in [5.74, 6) is 1.00. The predicted octanol–water partition coefficient (Wildman–Crippen LogP) is 1.29. The summed E-state index contributed by atoms with van der Waals surface area (Å²) in [6, 6.07) is 4.10. The van der Waals surface area contributed by atoms with Gasteiger partial charge in [0.1, 0.15) is 0 Å². The molecule has 1 N–H and O–H groups in total. The normalized spacial score (nSPS) is 10.1. The van der Waals surface area contributed by atoms with Crippen molar-refractivity contribution in [1.82, 2.24) is 19.9 Å². The molecule has 0 radical (unpaired) electrons. The minimum atomic E-state index is 0.278. The Morgan fingerprint density at radius 2 is 2.00 bits per heavy atom. The molecular weight excluding hydrogens is 218 g/mol. The zero-order valence-electron chi connectivity index (χ0n) is 9.93. The molecule has 0 aliphatic heterocycles. The molecule has 0 unspecified atom stereocenters. The average Bonchev–Trinajstić information content (AvgIpc) is 2.39. The maximum Gasteiger partial charge on any atom is 0.321 e. The SMILES string of the molecule is CNc1nc(OC)nc(-c2ccc(C)nc2)n1. The van der Waals surface area contributed by atoms with Crippen LogP contribution in [-0.2, 0) is 0 Å². The van der Waals surface area contributed by atoms with E-state index in [-0.39, 0.29) is 6.01 Å². The number of nitrogens with zero attached hydrogens (tertiary/aromatic N) is 4. The Labute approximate surface area is 99.1 Å². The number of rotatable bonds is 3. The molecule has 0 amide bonds. The lowest BCUT2D eigenvalue weighted by molar-refractivity contribution is 0.379. The van der Waals surface area contributed by atoms with Crippen LogP contribution < -0.4 is 10.1 Å². The van der Waals surface area contributed by atoms with Crippen molar-refractivity contribution in [3.05, 3.63) is 24.0 Å². The van der Waals surface area contributed by atoms with E-state index in [1.807, 2.05) is 19.1 Å². The van der Waals surface area contributed by atoms with Crippen molar-refractivity contribution in [3.63, 3.8) is 0 Å². The minimum Gasteiger partial charge on any atom is -0.467 e. The van der Waals surface area contributed by atoms with E-state index in [2.05, 4.69) is 25.3 Å². The largest absolute Gasteiger partial charge is 0.467 e. The molecule has 0 saturated carbocycles. The van der Waals surface area contributed by atoms with Gasteiger partial charge in [0.05, 0.1) is 7.11 Å². The van der Waals surface area contributed by atoms with Crippen LogP contribution in [0.2, 0.25) is 0 Å². The van der Waals surface area contributed by atoms with E-state index in [9.17, 15) is 0 Å². The van der Waals surface area contributed by atoms with Crippen LogP contribution in [0.4, 0.5) is 5.95 Å². The fourth-order valence-electron chi connectivity index (χ4n) is 1.29. The number of hydrogen-bond donors (Lipinski definition) is 1. The van der Waals surface area contributed by atoms with E-state index in [0.29, 0.717) is 11.8 Å². The highest BCUT2D eigenvalue weighted by molar-refractivity contribution is 5.55. The van der Waals surface area contributed by atoms with E-state index in [1.54, 1.807) is 13.2 Å². The Balaban J connectivity index is 2.46. The van der Waals surface area contributed by atoms with Gasteiger partial charge < -0.3 is 10.1 Å². The molecule has 0 aliphatic rings. The summed E-state index contributed by atoms with van der Waals surface area (Å²) in [7, 11) is 3.26. The maximum atomic E-state index is 5.02. The third-order valence-electron chi connectivity index (χ3n) is 2.19. The first-order chi connectivity index (χ1) is 8.22. The quantitative estimate of drug-likeness (QED) is 0.858. The van der Waals surface area contributed by atoms with E-state index >= 15 is 0 Å². The molecule has 17 heavy (non-hydrogen) atoms. The van der Waals surface area contributed by atoms with Gasteiger partial charge in [-0.15, -0.1) is 0 Å². The van der Waals surface area contributed by atoms with E-state index in [4.69, 9.17) is 4.74 Å². The summed E-state index contributed by atoms with van der Waals surface area (Å²) in [5, 5.41) is 2.86. The van der Waals surface area contributed by atoms with Crippen LogP contribution in [0.3, 0.4) is 0 Å². The Hall–Kier alpha value is -2.24. The summed E-state index contributed by atoms with van der Waals surface area (Å²) in [6.45, 7) is 1.93. The highest BCUT2D eigenvalue weighted by Crippen LogP contribution is 2.17. The zero-order valence-corrected chi connectivity index (χ0v) is 9.93. The molecule has 0 fully saturated rings. The molecule has 0 bridgehead atoms. The van der Waals surface area contributed by atoms with Crippen LogP contribution in [0.15, 0.2) is 18.3 Å². The van der Waals surface area contributed by atoms with Crippen molar-refractivity contribution >= 4 is 5.95 Å². The van der Waals surface area contributed by atoms with Gasteiger partial charge in [0.25, 0.3) is 0 Å². The summed E-state index contributed by atoms with van der Waals surface area (Å²) in [5.41, 5.74) is 1.77. The van der Waals surface area contributed by atoms with Crippen LogP contribution in [0.25, 0.3) is 11.4 Å². The van der Waals surface area contributed by atoms with Gasteiger partial charge in [-0.1, -0.05) is 0 Å². The minimum absolute atomic E-state index is 0.278. The second-order valence-electron chi connectivity index (χ2n) is 3.41. The van der Waals surface area contributed by atoms with Gasteiger partial charge in [-0.25, -0.2) is 0 Å². The summed E-state index contributed by atoms with van der Waals surface area (Å²) < 4.78 is 5.02. The van der Waals surface area contributed by atoms with Crippen LogP contribution in [0.1, 0.15) is 5.69 Å². The average molecular weight is 231 g/mol. The van der Waals surface area contributed by atoms with E-state index in [0.717, 1.165) is 11.3 Å². The monoisotopic (exact) mass is 231 g/mol. The predicted molar refractivity (Wildman–Crippen MR) is 63.9 cm³/mol. The van der Waals surface area contributed by atoms with Crippen molar-refractivity contribution < 1.29 is 4.74 Å². The third-order valence-corrected chi connectivity index (χ3v) is 2.19. The number of aryl methyl sites for hydroxylation is 1. The molecule has 0 saturated heterocycles. The highest BCUT2D eigenvalue weighted by atomic mass is 16.5. The van der Waals surface area contributed by atoms with Crippen LogP contribution >= 0.6 is 0 Å². The van der Waals surface area contributed by atoms with Crippen molar-refractivity contribution in [3.8, 4) is 17.4 Å². The zero-order chi connectivity index (χ0) is 12.3. The van der Waals surface area contributed by atoms with Gasteiger partial charge in [-0.05, 0) is 19.1 Å². The first kappa shape index (κ1) is 11.3. The van der Waals surface area contributed by atoms with Crippen LogP contribution in [-0.4, -0.2) is 34.1 Å². The topological polar surface area (TPSA) is 72.8 Å². The first-order valence-corrected chi connectivity index (χ1v) is 5.14. The smallest absolute Gasteiger partial charge is 0.321 e. The molecule has 6 heteroatoms. The first-order valence-electron chi connectivity index (χ1n) is 5.14. The summed E-state index contributed by atoms with van der Waals surface area (Å²) in [6.07, 6.45) is 1.73. The van der Waals surface area contributed by atoms with E-state index in [1.165, 1.54) is 7.11 Å². The number of aromatic nitrogens is 4. The van der Waals surface area contributed by atoms with Gasteiger partial charge in [-0.3, -0.25) is 4.98 Å². The molecule has 2 aromatic rings. The summed E-state index contributed by atoms with van der Waals surface area (Å²) >= 11 is 0. The molecule has 0 atom stereocenters. The van der Waals surface area contributed by atoms with Crippen LogP contribution in [0.5, 0.6) is 6.01 Å². The van der Waals surface area contributed by atoms with Gasteiger partial charge in [0.15, 0.2) is 5.82 Å². The third kappa shape index (κ3) is 2.47. The fourth-order valence-corrected chi connectivity index (χ4v) is 1.29. The summed E-state index contributed by atoms with van der Waals surface area (Å²) in [4.78, 5) is 16.7. The lowest BCUT2D eigenvalue weighted by atomic mass is 10.2. The van der Waals surface area contributed by atoms with Gasteiger partial charge >= 0.3 is 6.01 Å². The molecule has 0 aromatic carbocycles. The molecule has 0 spiro atoms. The van der Waals surface area contributed by atoms with Gasteiger partial charge in [0, 0.05) is 24.5 Å². The molecule has 0 aliphatic carbocycles. The van der Waals surface area contributed by atoms with Gasteiger partial charge in [-0.2, -0.15) is 15.0 Å². The van der Waals surface area contributed by atoms with Crippen LogP contribution in [0, 0.1) is 6.92 Å². The second-order valence-corrected chi connectivity index (χ2v) is 3.41. The number of ether oxygens (including phenoxy) is 1. The van der Waals surface area contributed by atoms with Crippen molar-refractivity contribution in [2.45, 2.75) is 6.92 Å².